The van der Waals surface area contributed by atoms with Gasteiger partial charge in [-0.15, -0.1) is 0 Å². The molecule has 3 radical (unpaired) electrons. The average Bonchev–Trinajstić information content (AvgIpc) is 2.18. The summed E-state index contributed by atoms with van der Waals surface area (Å²) in [5.74, 6) is 0.996. The van der Waals surface area contributed by atoms with E-state index in [2.05, 4.69) is 84.1 Å². The maximum Gasteiger partial charge on any atom is 0.133 e. The highest BCUT2D eigenvalue weighted by Crippen LogP contribution is 2.29. The fraction of sp³-hybridized carbons (Fsp3) is 0.333. The Morgan fingerprint density at radius 3 is 2.50 bits per heavy atom. The lowest BCUT2D eigenvalue weighted by atomic mass is 10.3. The van der Waals surface area contributed by atoms with Crippen molar-refractivity contribution in [1.82, 2.24) is 0 Å². The predicted molar refractivity (Wildman–Crippen MR) is 85.3 cm³/mol. The standard InChI is InChI=1S/C9H8I3OSi/c10-6-2-3-7(9(12)8(6)11)13-4-1-5-14/h2-3H,1,4-5H2. The zero-order valence-electron chi connectivity index (χ0n) is 7.32. The van der Waals surface area contributed by atoms with Crippen molar-refractivity contribution in [3.05, 3.63) is 22.8 Å². The van der Waals surface area contributed by atoms with Crippen LogP contribution in [0, 0.1) is 10.7 Å². The minimum atomic E-state index is 0.774. The van der Waals surface area contributed by atoms with Gasteiger partial charge < -0.3 is 4.74 Å². The molecule has 0 heterocycles. The normalized spacial score (nSPS) is 10.3. The van der Waals surface area contributed by atoms with E-state index >= 15 is 0 Å². The van der Waals surface area contributed by atoms with Crippen molar-refractivity contribution in [3.63, 3.8) is 0 Å². The van der Waals surface area contributed by atoms with Gasteiger partial charge in [-0.05, 0) is 86.3 Å². The third-order valence-electron chi connectivity index (χ3n) is 1.58. The van der Waals surface area contributed by atoms with E-state index in [9.17, 15) is 0 Å². The van der Waals surface area contributed by atoms with Crippen LogP contribution in [0.3, 0.4) is 0 Å². The van der Waals surface area contributed by atoms with Crippen LogP contribution in [-0.4, -0.2) is 16.8 Å². The van der Waals surface area contributed by atoms with E-state index in [-0.39, 0.29) is 0 Å². The Morgan fingerprint density at radius 1 is 1.14 bits per heavy atom. The Kier molecular flexibility index (Phi) is 6.64. The summed E-state index contributed by atoms with van der Waals surface area (Å²) >= 11 is 7.02. The van der Waals surface area contributed by atoms with E-state index < -0.39 is 0 Å². The van der Waals surface area contributed by atoms with Gasteiger partial charge in [0.15, 0.2) is 0 Å². The van der Waals surface area contributed by atoms with Gasteiger partial charge in [-0.2, -0.15) is 0 Å². The molecule has 0 saturated heterocycles. The van der Waals surface area contributed by atoms with Crippen molar-refractivity contribution in [3.8, 4) is 5.75 Å². The van der Waals surface area contributed by atoms with Crippen molar-refractivity contribution in [2.24, 2.45) is 0 Å². The van der Waals surface area contributed by atoms with Gasteiger partial charge in [-0.25, -0.2) is 0 Å². The van der Waals surface area contributed by atoms with Gasteiger partial charge >= 0.3 is 0 Å². The van der Waals surface area contributed by atoms with E-state index in [1.54, 1.807) is 0 Å². The molecule has 0 unspecified atom stereocenters. The van der Waals surface area contributed by atoms with Gasteiger partial charge in [0.1, 0.15) is 5.75 Å². The molecule has 1 nitrogen and oxygen atoms in total. The fourth-order valence-electron chi connectivity index (χ4n) is 0.874. The summed E-state index contributed by atoms with van der Waals surface area (Å²) in [6, 6.07) is 5.12. The predicted octanol–water partition coefficient (Wildman–Crippen LogP) is 3.86. The van der Waals surface area contributed by atoms with Crippen molar-refractivity contribution < 1.29 is 4.74 Å². The molecule has 75 valence electrons. The smallest absolute Gasteiger partial charge is 0.133 e. The zero-order valence-corrected chi connectivity index (χ0v) is 14.8. The summed E-state index contributed by atoms with van der Waals surface area (Å²) in [7, 11) is 3.43. The van der Waals surface area contributed by atoms with Crippen LogP contribution in [0.1, 0.15) is 6.42 Å². The number of hydrogen-bond donors (Lipinski definition) is 0. The first kappa shape index (κ1) is 13.5. The molecule has 0 N–H and O–H groups in total. The van der Waals surface area contributed by atoms with E-state index in [1.165, 1.54) is 10.7 Å². The third kappa shape index (κ3) is 3.78. The molecule has 0 aliphatic rings. The SMILES string of the molecule is [Si]CCCOc1ccc(I)c(I)c1I. The lowest BCUT2D eigenvalue weighted by Crippen LogP contribution is -2.00. The van der Waals surface area contributed by atoms with Crippen LogP contribution < -0.4 is 4.74 Å². The first-order valence-electron chi connectivity index (χ1n) is 4.07. The fourth-order valence-corrected chi connectivity index (χ4v) is 3.06. The van der Waals surface area contributed by atoms with Crippen molar-refractivity contribution >= 4 is 78.0 Å². The Bertz CT molecular complexity index is 317. The zero-order chi connectivity index (χ0) is 10.6. The molecule has 0 aliphatic heterocycles. The minimum Gasteiger partial charge on any atom is -0.492 e. The largest absolute Gasteiger partial charge is 0.492 e. The van der Waals surface area contributed by atoms with Crippen LogP contribution in [0.2, 0.25) is 6.04 Å². The van der Waals surface area contributed by atoms with Gasteiger partial charge in [0.2, 0.25) is 0 Å². The Balaban J connectivity index is 2.73. The molecule has 0 aromatic heterocycles. The Morgan fingerprint density at radius 2 is 1.86 bits per heavy atom. The summed E-state index contributed by atoms with van der Waals surface area (Å²) in [5, 5.41) is 0. The summed E-state index contributed by atoms with van der Waals surface area (Å²) in [6.45, 7) is 0.774. The van der Waals surface area contributed by atoms with Crippen LogP contribution in [0.15, 0.2) is 12.1 Å². The molecule has 0 atom stereocenters. The molecule has 0 amide bonds. The maximum absolute atomic E-state index is 5.67. The molecule has 0 saturated carbocycles. The average molecular weight is 541 g/mol. The number of ether oxygens (including phenoxy) is 1. The van der Waals surface area contributed by atoms with Crippen molar-refractivity contribution in [1.29, 1.82) is 0 Å². The topological polar surface area (TPSA) is 9.23 Å². The molecule has 0 spiro atoms. The van der Waals surface area contributed by atoms with E-state index in [0.29, 0.717) is 0 Å². The summed E-state index contributed by atoms with van der Waals surface area (Å²) in [6.07, 6.45) is 1.04. The number of halogens is 3. The first-order valence-corrected chi connectivity index (χ1v) is 8.02. The maximum atomic E-state index is 5.67. The van der Waals surface area contributed by atoms with Crippen LogP contribution in [0.25, 0.3) is 0 Å². The quantitative estimate of drug-likeness (QED) is 0.244. The number of rotatable bonds is 4. The molecule has 1 aromatic carbocycles. The van der Waals surface area contributed by atoms with Gasteiger partial charge in [0.25, 0.3) is 0 Å². The lowest BCUT2D eigenvalue weighted by molar-refractivity contribution is 0.315. The van der Waals surface area contributed by atoms with Gasteiger partial charge in [-0.3, -0.25) is 0 Å². The lowest BCUT2D eigenvalue weighted by Gasteiger charge is -2.09. The first-order chi connectivity index (χ1) is 6.66. The van der Waals surface area contributed by atoms with Crippen LogP contribution in [-0.2, 0) is 0 Å². The van der Waals surface area contributed by atoms with Crippen molar-refractivity contribution in [2.45, 2.75) is 12.5 Å². The van der Waals surface area contributed by atoms with Gasteiger partial charge in [0.05, 0.1) is 10.2 Å². The van der Waals surface area contributed by atoms with E-state index in [4.69, 9.17) is 4.74 Å². The van der Waals surface area contributed by atoms with Gasteiger partial charge in [-0.1, -0.05) is 6.04 Å². The van der Waals surface area contributed by atoms with E-state index in [0.717, 1.165) is 24.8 Å². The third-order valence-corrected chi connectivity index (χ3v) is 7.09. The Hall–Kier alpha value is 1.43. The molecule has 5 heteroatoms. The second-order valence-corrected chi connectivity index (χ2v) is 6.45. The summed E-state index contributed by atoms with van der Waals surface area (Å²) in [4.78, 5) is 0. The molecular weight excluding hydrogens is 533 g/mol. The van der Waals surface area contributed by atoms with Crippen LogP contribution >= 0.6 is 67.8 Å². The van der Waals surface area contributed by atoms with Crippen molar-refractivity contribution in [2.75, 3.05) is 6.61 Å². The van der Waals surface area contributed by atoms with Crippen LogP contribution in [0.5, 0.6) is 5.75 Å². The number of hydrogen-bond acceptors (Lipinski definition) is 1. The van der Waals surface area contributed by atoms with E-state index in [1.807, 2.05) is 6.07 Å². The molecule has 0 bridgehead atoms. The molecule has 0 fully saturated rings. The second-order valence-electron chi connectivity index (χ2n) is 2.63. The molecule has 0 aliphatic carbocycles. The monoisotopic (exact) mass is 541 g/mol. The highest BCUT2D eigenvalue weighted by Gasteiger charge is 2.07. The molecular formula is C9H8I3OSi. The highest BCUT2D eigenvalue weighted by molar-refractivity contribution is 14.1. The summed E-state index contributed by atoms with van der Waals surface area (Å²) in [5.41, 5.74) is 0. The summed E-state index contributed by atoms with van der Waals surface area (Å²) < 4.78 is 9.43. The Labute approximate surface area is 129 Å². The molecule has 1 rings (SSSR count). The van der Waals surface area contributed by atoms with Crippen LogP contribution in [0.4, 0.5) is 0 Å². The highest BCUT2D eigenvalue weighted by atomic mass is 127. The second kappa shape index (κ2) is 6.89. The number of benzene rings is 1. The minimum absolute atomic E-state index is 0.774. The molecule has 14 heavy (non-hydrogen) atoms. The van der Waals surface area contributed by atoms with Gasteiger partial charge in [0, 0.05) is 17.4 Å². The molecule has 1 aromatic rings.